The Morgan fingerprint density at radius 3 is 3.12 bits per heavy atom. The van der Waals surface area contributed by atoms with Crippen molar-refractivity contribution in [1.82, 2.24) is 15.5 Å². The van der Waals surface area contributed by atoms with Gasteiger partial charge < -0.3 is 10.6 Å². The van der Waals surface area contributed by atoms with Gasteiger partial charge in [-0.15, -0.1) is 0 Å². The van der Waals surface area contributed by atoms with Crippen LogP contribution < -0.4 is 15.5 Å². The number of fused-ring (bicyclic) bond motifs is 1. The second-order valence-electron chi connectivity index (χ2n) is 6.24. The molecular weight excluding hydrogens is 306 g/mol. The van der Waals surface area contributed by atoms with E-state index in [4.69, 9.17) is 0 Å². The first-order valence-corrected chi connectivity index (χ1v) is 8.18. The van der Waals surface area contributed by atoms with Crippen LogP contribution in [0.2, 0.25) is 0 Å². The monoisotopic (exact) mass is 325 g/mol. The number of carbonyl (C=O) groups is 2. The van der Waals surface area contributed by atoms with Crippen LogP contribution in [0.4, 0.5) is 16.2 Å². The summed E-state index contributed by atoms with van der Waals surface area (Å²) < 4.78 is 0. The van der Waals surface area contributed by atoms with Crippen molar-refractivity contribution >= 4 is 23.3 Å². The zero-order chi connectivity index (χ0) is 16.5. The smallest absolute Gasteiger partial charge is 0.321 e. The Hall–Kier alpha value is -2.83. The highest BCUT2D eigenvalue weighted by atomic mass is 16.2. The molecule has 1 aromatic heterocycles. The van der Waals surface area contributed by atoms with Gasteiger partial charge in [-0.3, -0.25) is 14.8 Å². The molecule has 24 heavy (non-hydrogen) atoms. The van der Waals surface area contributed by atoms with Crippen LogP contribution in [-0.4, -0.2) is 35.2 Å². The molecule has 0 saturated carbocycles. The fourth-order valence-electron chi connectivity index (χ4n) is 3.35. The first-order chi connectivity index (χ1) is 11.7. The number of hydrogen-bond acceptors (Lipinski definition) is 3. The third-order valence-corrected chi connectivity index (χ3v) is 4.67. The van der Waals surface area contributed by atoms with Gasteiger partial charge >= 0.3 is 6.03 Å². The fourth-order valence-corrected chi connectivity index (χ4v) is 3.35. The Morgan fingerprint density at radius 1 is 1.38 bits per heavy atom. The summed E-state index contributed by atoms with van der Waals surface area (Å²) >= 11 is 0. The summed E-state index contributed by atoms with van der Waals surface area (Å²) in [5.41, 5.74) is 3.78. The van der Waals surface area contributed by atoms with Crippen molar-refractivity contribution in [2.75, 3.05) is 23.3 Å². The summed E-state index contributed by atoms with van der Waals surface area (Å²) in [6, 6.07) is 7.31. The maximum atomic E-state index is 12.6. The lowest BCUT2D eigenvalue weighted by molar-refractivity contribution is -0.120. The molecule has 1 fully saturated rings. The van der Waals surface area contributed by atoms with Gasteiger partial charge in [0, 0.05) is 42.5 Å². The maximum absolute atomic E-state index is 12.6. The number of aryl methyl sites for hydroxylation is 1. The van der Waals surface area contributed by atoms with Gasteiger partial charge in [0.05, 0.1) is 6.20 Å². The summed E-state index contributed by atoms with van der Waals surface area (Å²) in [7, 11) is 0. The molecule has 1 aliphatic heterocycles. The molecule has 1 aromatic carbocycles. The van der Waals surface area contributed by atoms with E-state index in [1.807, 2.05) is 30.5 Å². The van der Waals surface area contributed by atoms with Gasteiger partial charge in [-0.1, -0.05) is 6.07 Å². The van der Waals surface area contributed by atoms with Gasteiger partial charge in [-0.05, 0) is 36.6 Å². The average Bonchev–Trinajstić information content (AvgIpc) is 3.22. The number of benzene rings is 1. The van der Waals surface area contributed by atoms with E-state index in [1.165, 1.54) is 5.56 Å². The highest BCUT2D eigenvalue weighted by Crippen LogP contribution is 2.26. The summed E-state index contributed by atoms with van der Waals surface area (Å²) in [5, 5.41) is 12.8. The number of aromatic amines is 1. The largest absolute Gasteiger partial charge is 0.336 e. The molecule has 3 N–H and O–H groups in total. The number of H-pyrrole nitrogens is 1. The molecule has 124 valence electrons. The van der Waals surface area contributed by atoms with E-state index in [0.717, 1.165) is 24.2 Å². The number of nitrogens with zero attached hydrogens (tertiary/aromatic N) is 2. The number of amides is 3. The Labute approximate surface area is 139 Å². The van der Waals surface area contributed by atoms with Crippen molar-refractivity contribution in [3.63, 3.8) is 0 Å². The molecule has 2 aliphatic rings. The van der Waals surface area contributed by atoms with Crippen LogP contribution in [0.15, 0.2) is 30.5 Å². The van der Waals surface area contributed by atoms with E-state index in [-0.39, 0.29) is 17.9 Å². The summed E-state index contributed by atoms with van der Waals surface area (Å²) in [6.45, 7) is 1.28. The van der Waals surface area contributed by atoms with E-state index >= 15 is 0 Å². The molecule has 2 aromatic rings. The van der Waals surface area contributed by atoms with Crippen molar-refractivity contribution in [2.45, 2.75) is 19.3 Å². The number of urea groups is 1. The molecule has 0 radical (unpaired) electrons. The third-order valence-electron chi connectivity index (χ3n) is 4.67. The first-order valence-electron chi connectivity index (χ1n) is 8.18. The average molecular weight is 325 g/mol. The van der Waals surface area contributed by atoms with Crippen LogP contribution in [0.5, 0.6) is 0 Å². The first kappa shape index (κ1) is 14.7. The number of hydrogen-bond donors (Lipinski definition) is 3. The zero-order valence-corrected chi connectivity index (χ0v) is 13.2. The fraction of sp³-hybridized carbons (Fsp3) is 0.353. The second-order valence-corrected chi connectivity index (χ2v) is 6.24. The summed E-state index contributed by atoms with van der Waals surface area (Å²) in [4.78, 5) is 26.0. The van der Waals surface area contributed by atoms with Crippen LogP contribution in [0.3, 0.4) is 0 Å². The molecule has 0 spiro atoms. The lowest BCUT2D eigenvalue weighted by Gasteiger charge is -2.21. The minimum atomic E-state index is -0.0995. The van der Waals surface area contributed by atoms with Crippen LogP contribution >= 0.6 is 0 Å². The minimum absolute atomic E-state index is 0.0123. The van der Waals surface area contributed by atoms with Crippen LogP contribution in [-0.2, 0) is 17.6 Å². The summed E-state index contributed by atoms with van der Waals surface area (Å²) in [6.07, 6.45) is 4.23. The highest BCUT2D eigenvalue weighted by molar-refractivity contribution is 5.96. The molecule has 7 heteroatoms. The van der Waals surface area contributed by atoms with Crippen molar-refractivity contribution < 1.29 is 9.59 Å². The minimum Gasteiger partial charge on any atom is -0.336 e. The van der Waals surface area contributed by atoms with Crippen LogP contribution in [0, 0.1) is 5.92 Å². The van der Waals surface area contributed by atoms with Crippen molar-refractivity contribution in [3.8, 4) is 0 Å². The SMILES string of the molecule is O=C(Nc1cccc(N2CCNC2=O)c1)C1CCc2cn[nH]c2C1. The van der Waals surface area contributed by atoms with Crippen LogP contribution in [0.25, 0.3) is 0 Å². The number of nitrogens with one attached hydrogen (secondary N) is 3. The normalized spacial score (nSPS) is 19.8. The maximum Gasteiger partial charge on any atom is 0.321 e. The Bertz CT molecular complexity index is 785. The lowest BCUT2D eigenvalue weighted by atomic mass is 9.87. The topological polar surface area (TPSA) is 90.1 Å². The van der Waals surface area contributed by atoms with Crippen molar-refractivity contribution in [3.05, 3.63) is 41.7 Å². The van der Waals surface area contributed by atoms with E-state index in [0.29, 0.717) is 25.2 Å². The zero-order valence-electron chi connectivity index (χ0n) is 13.2. The van der Waals surface area contributed by atoms with Gasteiger partial charge in [0.25, 0.3) is 0 Å². The van der Waals surface area contributed by atoms with Gasteiger partial charge in [-0.2, -0.15) is 5.10 Å². The highest BCUT2D eigenvalue weighted by Gasteiger charge is 2.26. The van der Waals surface area contributed by atoms with E-state index in [2.05, 4.69) is 20.8 Å². The van der Waals surface area contributed by atoms with E-state index in [9.17, 15) is 9.59 Å². The van der Waals surface area contributed by atoms with Gasteiger partial charge in [0.2, 0.25) is 5.91 Å². The van der Waals surface area contributed by atoms with Gasteiger partial charge in [0.15, 0.2) is 0 Å². The molecular formula is C17H19N5O2. The predicted octanol–water partition coefficient (Wildman–Crippen LogP) is 1.68. The van der Waals surface area contributed by atoms with Gasteiger partial charge in [-0.25, -0.2) is 4.79 Å². The molecule has 3 amide bonds. The second kappa shape index (κ2) is 5.99. The Morgan fingerprint density at radius 2 is 2.29 bits per heavy atom. The molecule has 1 aliphatic carbocycles. The summed E-state index contributed by atoms with van der Waals surface area (Å²) in [5.74, 6) is -0.0463. The molecule has 1 saturated heterocycles. The quantitative estimate of drug-likeness (QED) is 0.802. The number of anilines is 2. The van der Waals surface area contributed by atoms with Gasteiger partial charge in [0.1, 0.15) is 0 Å². The molecule has 0 bridgehead atoms. The number of rotatable bonds is 3. The molecule has 7 nitrogen and oxygen atoms in total. The van der Waals surface area contributed by atoms with Crippen molar-refractivity contribution in [2.24, 2.45) is 5.92 Å². The molecule has 2 heterocycles. The van der Waals surface area contributed by atoms with Crippen LogP contribution in [0.1, 0.15) is 17.7 Å². The Balaban J connectivity index is 1.45. The molecule has 1 atom stereocenters. The predicted molar refractivity (Wildman–Crippen MR) is 89.9 cm³/mol. The third kappa shape index (κ3) is 2.73. The lowest BCUT2D eigenvalue weighted by Crippen LogP contribution is -2.29. The number of aromatic nitrogens is 2. The van der Waals surface area contributed by atoms with Crippen molar-refractivity contribution in [1.29, 1.82) is 0 Å². The van der Waals surface area contributed by atoms with E-state index in [1.54, 1.807) is 4.90 Å². The molecule has 1 unspecified atom stereocenters. The van der Waals surface area contributed by atoms with E-state index < -0.39 is 0 Å². The Kier molecular flexibility index (Phi) is 3.68. The molecule has 4 rings (SSSR count). The number of carbonyl (C=O) groups excluding carboxylic acids is 2. The standard InChI is InChI=1S/C17H19N5O2/c23-16(11-4-5-12-10-19-21-15(12)8-11)20-13-2-1-3-14(9-13)22-7-6-18-17(22)24/h1-3,9-11H,4-8H2,(H,18,24)(H,19,21)(H,20,23).